The van der Waals surface area contributed by atoms with Gasteiger partial charge in [-0.05, 0) is 24.7 Å². The Morgan fingerprint density at radius 2 is 1.33 bits per heavy atom. The summed E-state index contributed by atoms with van der Waals surface area (Å²) in [5.41, 5.74) is 5.81. The molecule has 0 unspecified atom stereocenters. The van der Waals surface area contributed by atoms with Crippen LogP contribution in [-0.4, -0.2) is 6.04 Å². The largest absolute Gasteiger partial charge is 0.328 e. The van der Waals surface area contributed by atoms with E-state index in [9.17, 15) is 0 Å². The molecule has 12 heavy (non-hydrogen) atoms. The van der Waals surface area contributed by atoms with Crippen LogP contribution in [0.4, 0.5) is 0 Å². The molecule has 0 saturated heterocycles. The van der Waals surface area contributed by atoms with Gasteiger partial charge in [-0.1, -0.05) is 38.5 Å². The highest BCUT2D eigenvalue weighted by atomic mass is 14.7. The van der Waals surface area contributed by atoms with Crippen molar-refractivity contribution < 1.29 is 0 Å². The zero-order valence-electron chi connectivity index (χ0n) is 7.97. The summed E-state index contributed by atoms with van der Waals surface area (Å²) in [7, 11) is 0. The van der Waals surface area contributed by atoms with E-state index in [-0.39, 0.29) is 0 Å². The van der Waals surface area contributed by atoms with Crippen molar-refractivity contribution in [1.29, 1.82) is 0 Å². The summed E-state index contributed by atoms with van der Waals surface area (Å²) in [5, 5.41) is 0. The van der Waals surface area contributed by atoms with Gasteiger partial charge in [-0.3, -0.25) is 0 Å². The van der Waals surface area contributed by atoms with E-state index < -0.39 is 0 Å². The average Bonchev–Trinajstić information content (AvgIpc) is 2.26. The highest BCUT2D eigenvalue weighted by molar-refractivity contribution is 4.87. The number of rotatable bonds is 1. The Bertz CT molecular complexity index is 130. The van der Waals surface area contributed by atoms with E-state index in [0.29, 0.717) is 6.04 Å². The van der Waals surface area contributed by atoms with Crippen molar-refractivity contribution in [2.75, 3.05) is 0 Å². The minimum atomic E-state index is 0.554. The Labute approximate surface area is 75.7 Å². The molecule has 2 fully saturated rings. The SMILES string of the molecule is NC1CC(C2CCCCCC2)C1. The normalized spacial score (nSPS) is 38.8. The van der Waals surface area contributed by atoms with Gasteiger partial charge in [0.2, 0.25) is 0 Å². The third kappa shape index (κ3) is 1.82. The lowest BCUT2D eigenvalue weighted by atomic mass is 9.70. The van der Waals surface area contributed by atoms with Gasteiger partial charge in [0.25, 0.3) is 0 Å². The van der Waals surface area contributed by atoms with Crippen LogP contribution in [0.15, 0.2) is 0 Å². The van der Waals surface area contributed by atoms with E-state index in [1.165, 1.54) is 51.4 Å². The molecule has 0 amide bonds. The maximum absolute atomic E-state index is 5.81. The van der Waals surface area contributed by atoms with Gasteiger partial charge in [-0.25, -0.2) is 0 Å². The van der Waals surface area contributed by atoms with Crippen LogP contribution >= 0.6 is 0 Å². The van der Waals surface area contributed by atoms with Crippen molar-refractivity contribution in [3.05, 3.63) is 0 Å². The molecule has 0 aromatic heterocycles. The van der Waals surface area contributed by atoms with Gasteiger partial charge in [0.15, 0.2) is 0 Å². The molecule has 70 valence electrons. The minimum absolute atomic E-state index is 0.554. The molecule has 0 radical (unpaired) electrons. The fourth-order valence-electron chi connectivity index (χ4n) is 2.88. The Hall–Kier alpha value is -0.0400. The Kier molecular flexibility index (Phi) is 2.69. The van der Waals surface area contributed by atoms with Crippen molar-refractivity contribution in [2.24, 2.45) is 17.6 Å². The van der Waals surface area contributed by atoms with Crippen LogP contribution in [0.3, 0.4) is 0 Å². The van der Waals surface area contributed by atoms with Crippen LogP contribution in [-0.2, 0) is 0 Å². The van der Waals surface area contributed by atoms with Crippen molar-refractivity contribution >= 4 is 0 Å². The third-order valence-electron chi connectivity index (χ3n) is 3.78. The minimum Gasteiger partial charge on any atom is -0.328 e. The second-order valence-electron chi connectivity index (χ2n) is 4.74. The predicted octanol–water partition coefficient (Wildman–Crippen LogP) is 2.69. The molecular weight excluding hydrogens is 146 g/mol. The summed E-state index contributed by atoms with van der Waals surface area (Å²) in [5.74, 6) is 2.06. The maximum atomic E-state index is 5.81. The van der Waals surface area contributed by atoms with Crippen LogP contribution in [0.5, 0.6) is 0 Å². The first kappa shape index (κ1) is 8.55. The topological polar surface area (TPSA) is 26.0 Å². The molecule has 0 atom stereocenters. The van der Waals surface area contributed by atoms with Gasteiger partial charge in [0.1, 0.15) is 0 Å². The van der Waals surface area contributed by atoms with Crippen LogP contribution in [0.25, 0.3) is 0 Å². The van der Waals surface area contributed by atoms with Gasteiger partial charge in [-0.15, -0.1) is 0 Å². The number of hydrogen-bond donors (Lipinski definition) is 1. The first-order valence-electron chi connectivity index (χ1n) is 5.62. The molecule has 2 rings (SSSR count). The standard InChI is InChI=1S/C11H21N/c12-11-7-10(8-11)9-5-3-1-2-4-6-9/h9-11H,1-8,12H2. The fourth-order valence-corrected chi connectivity index (χ4v) is 2.88. The lowest BCUT2D eigenvalue weighted by molar-refractivity contribution is 0.160. The molecule has 0 aromatic carbocycles. The number of nitrogens with two attached hydrogens (primary N) is 1. The molecule has 2 saturated carbocycles. The van der Waals surface area contributed by atoms with E-state index in [1.807, 2.05) is 0 Å². The lowest BCUT2D eigenvalue weighted by Gasteiger charge is -2.38. The van der Waals surface area contributed by atoms with Crippen molar-refractivity contribution in [2.45, 2.75) is 57.4 Å². The molecule has 0 bridgehead atoms. The Balaban J connectivity index is 1.78. The average molecular weight is 167 g/mol. The molecular formula is C11H21N. The van der Waals surface area contributed by atoms with Crippen LogP contribution in [0.2, 0.25) is 0 Å². The maximum Gasteiger partial charge on any atom is 0.00443 e. The number of hydrogen-bond acceptors (Lipinski definition) is 1. The molecule has 2 aliphatic rings. The van der Waals surface area contributed by atoms with Crippen LogP contribution in [0, 0.1) is 11.8 Å². The summed E-state index contributed by atoms with van der Waals surface area (Å²) >= 11 is 0. The van der Waals surface area contributed by atoms with E-state index in [2.05, 4.69) is 0 Å². The molecule has 0 heterocycles. The van der Waals surface area contributed by atoms with E-state index in [0.717, 1.165) is 11.8 Å². The fraction of sp³-hybridized carbons (Fsp3) is 1.00. The second-order valence-corrected chi connectivity index (χ2v) is 4.74. The van der Waals surface area contributed by atoms with Gasteiger partial charge in [-0.2, -0.15) is 0 Å². The quantitative estimate of drug-likeness (QED) is 0.597. The summed E-state index contributed by atoms with van der Waals surface area (Å²) in [4.78, 5) is 0. The molecule has 1 heteroatoms. The van der Waals surface area contributed by atoms with Crippen LogP contribution < -0.4 is 5.73 Å². The monoisotopic (exact) mass is 167 g/mol. The van der Waals surface area contributed by atoms with Crippen LogP contribution in [0.1, 0.15) is 51.4 Å². The zero-order chi connectivity index (χ0) is 8.39. The van der Waals surface area contributed by atoms with E-state index >= 15 is 0 Å². The molecule has 1 nitrogen and oxygen atoms in total. The van der Waals surface area contributed by atoms with Crippen molar-refractivity contribution in [3.63, 3.8) is 0 Å². The van der Waals surface area contributed by atoms with Gasteiger partial charge < -0.3 is 5.73 Å². The summed E-state index contributed by atoms with van der Waals surface area (Å²) in [6, 6.07) is 0.554. The molecule has 2 N–H and O–H groups in total. The lowest BCUT2D eigenvalue weighted by Crippen LogP contribution is -2.39. The second kappa shape index (κ2) is 3.78. The summed E-state index contributed by atoms with van der Waals surface area (Å²) in [6.07, 6.45) is 11.6. The smallest absolute Gasteiger partial charge is 0.00443 e. The summed E-state index contributed by atoms with van der Waals surface area (Å²) in [6.45, 7) is 0. The summed E-state index contributed by atoms with van der Waals surface area (Å²) < 4.78 is 0. The zero-order valence-corrected chi connectivity index (χ0v) is 7.97. The predicted molar refractivity (Wildman–Crippen MR) is 51.9 cm³/mol. The molecule has 0 spiro atoms. The van der Waals surface area contributed by atoms with Gasteiger partial charge in [0.05, 0.1) is 0 Å². The van der Waals surface area contributed by atoms with Gasteiger partial charge >= 0.3 is 0 Å². The highest BCUT2D eigenvalue weighted by Gasteiger charge is 2.32. The first-order valence-corrected chi connectivity index (χ1v) is 5.62. The first-order chi connectivity index (χ1) is 5.86. The van der Waals surface area contributed by atoms with E-state index in [4.69, 9.17) is 5.73 Å². The Morgan fingerprint density at radius 1 is 0.750 bits per heavy atom. The third-order valence-corrected chi connectivity index (χ3v) is 3.78. The van der Waals surface area contributed by atoms with E-state index in [1.54, 1.807) is 0 Å². The molecule has 2 aliphatic carbocycles. The molecule has 0 aromatic rings. The highest BCUT2D eigenvalue weighted by Crippen LogP contribution is 2.39. The van der Waals surface area contributed by atoms with Crippen molar-refractivity contribution in [1.82, 2.24) is 0 Å². The Morgan fingerprint density at radius 3 is 1.83 bits per heavy atom. The van der Waals surface area contributed by atoms with Crippen molar-refractivity contribution in [3.8, 4) is 0 Å². The molecule has 0 aliphatic heterocycles. The van der Waals surface area contributed by atoms with Gasteiger partial charge in [0, 0.05) is 6.04 Å².